The number of amides is 3. The zero-order valence-electron chi connectivity index (χ0n) is 13.3. The molecule has 0 bridgehead atoms. The van der Waals surface area contributed by atoms with Gasteiger partial charge in [0.25, 0.3) is 0 Å². The third kappa shape index (κ3) is 4.32. The second-order valence-electron chi connectivity index (χ2n) is 5.38. The maximum absolute atomic E-state index is 11.8. The quantitative estimate of drug-likeness (QED) is 0.840. The third-order valence-electron chi connectivity index (χ3n) is 3.33. The van der Waals surface area contributed by atoms with Gasteiger partial charge in [0.1, 0.15) is 5.58 Å². The molecule has 7 heteroatoms. The molecule has 3 amide bonds. The Hall–Kier alpha value is -2.83. The van der Waals surface area contributed by atoms with Crippen molar-refractivity contribution in [1.29, 1.82) is 0 Å². The highest BCUT2D eigenvalue weighted by Crippen LogP contribution is 2.20. The van der Waals surface area contributed by atoms with Gasteiger partial charge in [-0.3, -0.25) is 4.79 Å². The number of anilines is 1. The van der Waals surface area contributed by atoms with Gasteiger partial charge in [-0.15, -0.1) is 0 Å². The molecule has 7 nitrogen and oxygen atoms in total. The van der Waals surface area contributed by atoms with Gasteiger partial charge in [0.15, 0.2) is 0 Å². The normalized spacial score (nSPS) is 10.4. The molecule has 1 heterocycles. The smallest absolute Gasteiger partial charge is 0.336 e. The molecular weight excluding hydrogens is 298 g/mol. The van der Waals surface area contributed by atoms with E-state index in [1.807, 2.05) is 6.92 Å². The van der Waals surface area contributed by atoms with E-state index in [0.717, 1.165) is 10.9 Å². The van der Waals surface area contributed by atoms with Crippen LogP contribution < -0.4 is 16.3 Å². The predicted octanol–water partition coefficient (Wildman–Crippen LogP) is 1.70. The monoisotopic (exact) mass is 317 g/mol. The van der Waals surface area contributed by atoms with Crippen LogP contribution in [0.5, 0.6) is 0 Å². The van der Waals surface area contributed by atoms with E-state index in [4.69, 9.17) is 4.42 Å². The number of urea groups is 1. The van der Waals surface area contributed by atoms with Crippen molar-refractivity contribution >= 4 is 28.6 Å². The van der Waals surface area contributed by atoms with E-state index >= 15 is 0 Å². The summed E-state index contributed by atoms with van der Waals surface area (Å²) in [4.78, 5) is 36.1. The van der Waals surface area contributed by atoms with Crippen LogP contribution in [-0.4, -0.2) is 37.5 Å². The van der Waals surface area contributed by atoms with Gasteiger partial charge >= 0.3 is 11.7 Å². The van der Waals surface area contributed by atoms with E-state index in [1.54, 1.807) is 32.3 Å². The molecule has 0 fully saturated rings. The highest BCUT2D eigenvalue weighted by molar-refractivity contribution is 5.92. The van der Waals surface area contributed by atoms with Gasteiger partial charge in [-0.1, -0.05) is 0 Å². The summed E-state index contributed by atoms with van der Waals surface area (Å²) in [5, 5.41) is 6.05. The van der Waals surface area contributed by atoms with Gasteiger partial charge in [0.05, 0.1) is 0 Å². The molecule has 0 aliphatic heterocycles. The van der Waals surface area contributed by atoms with Crippen molar-refractivity contribution < 1.29 is 14.0 Å². The number of rotatable bonds is 4. The average Bonchev–Trinajstić information content (AvgIpc) is 2.46. The van der Waals surface area contributed by atoms with Crippen LogP contribution in [0.1, 0.15) is 12.0 Å². The Morgan fingerprint density at radius 2 is 1.96 bits per heavy atom. The molecule has 0 unspecified atom stereocenters. The minimum absolute atomic E-state index is 0.0618. The van der Waals surface area contributed by atoms with Gasteiger partial charge in [-0.25, -0.2) is 9.59 Å². The van der Waals surface area contributed by atoms with Gasteiger partial charge in [-0.2, -0.15) is 0 Å². The van der Waals surface area contributed by atoms with Crippen molar-refractivity contribution in [1.82, 2.24) is 10.2 Å². The standard InChI is InChI=1S/C16H19N3O4/c1-10-8-15(21)23-13-9-11(4-5-12(10)13)18-16(22)17-7-6-14(20)19(2)3/h4-5,8-9H,6-7H2,1-3H3,(H2,17,18,22). The number of hydrogen-bond donors (Lipinski definition) is 2. The molecule has 0 saturated heterocycles. The van der Waals surface area contributed by atoms with E-state index in [-0.39, 0.29) is 18.9 Å². The van der Waals surface area contributed by atoms with Gasteiger partial charge in [0.2, 0.25) is 5.91 Å². The molecule has 0 spiro atoms. The number of fused-ring (bicyclic) bond motifs is 1. The van der Waals surface area contributed by atoms with Crippen LogP contribution in [0.2, 0.25) is 0 Å². The van der Waals surface area contributed by atoms with E-state index in [9.17, 15) is 14.4 Å². The largest absolute Gasteiger partial charge is 0.423 e. The number of carbonyl (C=O) groups is 2. The first-order valence-corrected chi connectivity index (χ1v) is 7.16. The molecule has 0 aliphatic rings. The van der Waals surface area contributed by atoms with Crippen molar-refractivity contribution in [3.05, 3.63) is 40.2 Å². The fraction of sp³-hybridized carbons (Fsp3) is 0.312. The molecule has 0 saturated carbocycles. The Morgan fingerprint density at radius 1 is 1.22 bits per heavy atom. The summed E-state index contributed by atoms with van der Waals surface area (Å²) in [5.74, 6) is -0.0618. The van der Waals surface area contributed by atoms with E-state index in [2.05, 4.69) is 10.6 Å². The summed E-state index contributed by atoms with van der Waals surface area (Å²) in [5.41, 5.74) is 1.30. The molecule has 0 aliphatic carbocycles. The third-order valence-corrected chi connectivity index (χ3v) is 3.33. The fourth-order valence-corrected chi connectivity index (χ4v) is 2.08. The van der Waals surface area contributed by atoms with Crippen molar-refractivity contribution in [3.63, 3.8) is 0 Å². The van der Waals surface area contributed by atoms with Gasteiger partial charge < -0.3 is 20.0 Å². The second kappa shape index (κ2) is 6.95. The second-order valence-corrected chi connectivity index (χ2v) is 5.38. The van der Waals surface area contributed by atoms with Crippen LogP contribution >= 0.6 is 0 Å². The number of nitrogens with zero attached hydrogens (tertiary/aromatic N) is 1. The minimum Gasteiger partial charge on any atom is -0.423 e. The van der Waals surface area contributed by atoms with Crippen molar-refractivity contribution in [2.75, 3.05) is 26.0 Å². The van der Waals surface area contributed by atoms with Crippen molar-refractivity contribution in [2.24, 2.45) is 0 Å². The number of hydrogen-bond acceptors (Lipinski definition) is 4. The molecule has 0 radical (unpaired) electrons. The SMILES string of the molecule is Cc1cc(=O)oc2cc(NC(=O)NCCC(=O)N(C)C)ccc12. The number of nitrogens with one attached hydrogen (secondary N) is 2. The summed E-state index contributed by atoms with van der Waals surface area (Å²) < 4.78 is 5.13. The lowest BCUT2D eigenvalue weighted by Crippen LogP contribution is -2.33. The van der Waals surface area contributed by atoms with Crippen LogP contribution in [0.25, 0.3) is 11.0 Å². The molecule has 1 aromatic heterocycles. The predicted molar refractivity (Wildman–Crippen MR) is 87.6 cm³/mol. The lowest BCUT2D eigenvalue weighted by molar-refractivity contribution is -0.128. The van der Waals surface area contributed by atoms with E-state index in [1.165, 1.54) is 11.0 Å². The molecule has 2 aromatic rings. The zero-order chi connectivity index (χ0) is 17.0. The molecule has 0 atom stereocenters. The minimum atomic E-state index is -0.432. The maximum Gasteiger partial charge on any atom is 0.336 e. The van der Waals surface area contributed by atoms with E-state index in [0.29, 0.717) is 11.3 Å². The Morgan fingerprint density at radius 3 is 2.65 bits per heavy atom. The Kier molecular flexibility index (Phi) is 5.00. The van der Waals surface area contributed by atoms with Crippen LogP contribution in [0.15, 0.2) is 33.5 Å². The molecule has 2 rings (SSSR count). The molecule has 2 N–H and O–H groups in total. The highest BCUT2D eigenvalue weighted by Gasteiger charge is 2.07. The van der Waals surface area contributed by atoms with Crippen molar-refractivity contribution in [3.8, 4) is 0 Å². The van der Waals surface area contributed by atoms with E-state index < -0.39 is 11.7 Å². The summed E-state index contributed by atoms with van der Waals surface area (Å²) in [6.45, 7) is 2.06. The van der Waals surface area contributed by atoms with Crippen LogP contribution in [0.3, 0.4) is 0 Å². The Bertz CT molecular complexity index is 796. The van der Waals surface area contributed by atoms with Gasteiger partial charge in [-0.05, 0) is 24.6 Å². The maximum atomic E-state index is 11.8. The van der Waals surface area contributed by atoms with Crippen LogP contribution in [0.4, 0.5) is 10.5 Å². The summed E-state index contributed by atoms with van der Waals surface area (Å²) in [6.07, 6.45) is 0.228. The molecule has 1 aromatic carbocycles. The van der Waals surface area contributed by atoms with Crippen LogP contribution in [-0.2, 0) is 4.79 Å². The van der Waals surface area contributed by atoms with Crippen LogP contribution in [0, 0.1) is 6.92 Å². The number of benzene rings is 1. The summed E-state index contributed by atoms with van der Waals surface area (Å²) >= 11 is 0. The topological polar surface area (TPSA) is 91.6 Å². The molecular formula is C16H19N3O4. The first-order chi connectivity index (χ1) is 10.9. The fourth-order valence-electron chi connectivity index (χ4n) is 2.08. The van der Waals surface area contributed by atoms with Crippen molar-refractivity contribution in [2.45, 2.75) is 13.3 Å². The Balaban J connectivity index is 2.00. The number of aryl methyl sites for hydroxylation is 1. The Labute approximate surface area is 133 Å². The summed E-state index contributed by atoms with van der Waals surface area (Å²) in [7, 11) is 3.32. The molecule has 23 heavy (non-hydrogen) atoms. The number of carbonyl (C=O) groups excluding carboxylic acids is 2. The lowest BCUT2D eigenvalue weighted by atomic mass is 10.1. The average molecular weight is 317 g/mol. The highest BCUT2D eigenvalue weighted by atomic mass is 16.4. The first-order valence-electron chi connectivity index (χ1n) is 7.16. The summed E-state index contributed by atoms with van der Waals surface area (Å²) in [6, 6.07) is 6.09. The lowest BCUT2D eigenvalue weighted by Gasteiger charge is -2.11. The zero-order valence-corrected chi connectivity index (χ0v) is 13.3. The first kappa shape index (κ1) is 16.5. The molecule has 122 valence electrons. The van der Waals surface area contributed by atoms with Gasteiger partial charge in [0, 0.05) is 50.3 Å².